The topological polar surface area (TPSA) is 29.5 Å². The number of ether oxygens (including phenoxy) is 1. The molecule has 1 amide bonds. The van der Waals surface area contributed by atoms with Gasteiger partial charge in [0.2, 0.25) is 5.91 Å². The van der Waals surface area contributed by atoms with Crippen LogP contribution in [0.4, 0.5) is 0 Å². The SMILES string of the molecule is C[C@H](CC(=O)N1C(=S)OC(C)(C)[C@H]1c1ccccc1)c1ccccc1. The van der Waals surface area contributed by atoms with Gasteiger partial charge in [-0.15, -0.1) is 0 Å². The number of hydrogen-bond donors (Lipinski definition) is 0. The molecule has 25 heavy (non-hydrogen) atoms. The third-order valence-corrected chi connectivity index (χ3v) is 4.98. The maximum atomic E-state index is 13.1. The number of rotatable bonds is 4. The molecule has 0 bridgehead atoms. The molecule has 1 fully saturated rings. The van der Waals surface area contributed by atoms with E-state index in [1.807, 2.05) is 62.4 Å². The van der Waals surface area contributed by atoms with Crippen LogP contribution in [-0.4, -0.2) is 21.6 Å². The highest BCUT2D eigenvalue weighted by atomic mass is 32.1. The highest BCUT2D eigenvalue weighted by Crippen LogP contribution is 2.42. The minimum atomic E-state index is -0.552. The molecule has 1 aliphatic rings. The molecule has 2 aromatic rings. The Kier molecular flexibility index (Phi) is 4.91. The molecule has 1 heterocycles. The molecule has 130 valence electrons. The second-order valence-corrected chi connectivity index (χ2v) is 7.41. The van der Waals surface area contributed by atoms with Gasteiger partial charge < -0.3 is 4.74 Å². The molecule has 0 aromatic heterocycles. The summed E-state index contributed by atoms with van der Waals surface area (Å²) in [7, 11) is 0. The van der Waals surface area contributed by atoms with Gasteiger partial charge in [-0.05, 0) is 43.1 Å². The summed E-state index contributed by atoms with van der Waals surface area (Å²) >= 11 is 5.40. The van der Waals surface area contributed by atoms with Crippen LogP contribution in [0.1, 0.15) is 50.3 Å². The van der Waals surface area contributed by atoms with E-state index in [0.717, 1.165) is 11.1 Å². The second-order valence-electron chi connectivity index (χ2n) is 7.06. The maximum Gasteiger partial charge on any atom is 0.267 e. The van der Waals surface area contributed by atoms with Gasteiger partial charge in [-0.1, -0.05) is 67.6 Å². The fourth-order valence-corrected chi connectivity index (χ4v) is 3.86. The molecule has 2 aromatic carbocycles. The molecule has 1 saturated heterocycles. The number of carbonyl (C=O) groups is 1. The first kappa shape index (κ1) is 17.6. The third kappa shape index (κ3) is 3.59. The summed E-state index contributed by atoms with van der Waals surface area (Å²) in [4.78, 5) is 14.7. The van der Waals surface area contributed by atoms with Crippen LogP contribution in [0.15, 0.2) is 60.7 Å². The van der Waals surface area contributed by atoms with Crippen LogP contribution in [-0.2, 0) is 9.53 Å². The molecule has 1 aliphatic heterocycles. The Morgan fingerprint density at radius 1 is 1.12 bits per heavy atom. The minimum absolute atomic E-state index is 0.000723. The summed E-state index contributed by atoms with van der Waals surface area (Å²) in [6.07, 6.45) is 0.396. The quantitative estimate of drug-likeness (QED) is 0.736. The first-order valence-corrected chi connectivity index (χ1v) is 8.96. The summed E-state index contributed by atoms with van der Waals surface area (Å²) in [6, 6.07) is 19.8. The zero-order chi connectivity index (χ0) is 18.0. The van der Waals surface area contributed by atoms with E-state index in [0.29, 0.717) is 6.42 Å². The van der Waals surface area contributed by atoms with E-state index in [4.69, 9.17) is 17.0 Å². The standard InChI is InChI=1S/C21H23NO2S/c1-15(16-10-6-4-7-11-16)14-18(23)22-19(17-12-8-5-9-13-17)21(2,3)24-20(22)25/h4-13,15,19H,14H2,1-3H3/t15-,19-/m1/s1. The van der Waals surface area contributed by atoms with Crippen molar-refractivity contribution in [2.45, 2.75) is 44.8 Å². The van der Waals surface area contributed by atoms with Crippen LogP contribution in [0.3, 0.4) is 0 Å². The molecule has 0 aliphatic carbocycles. The Balaban J connectivity index is 1.86. The summed E-state index contributed by atoms with van der Waals surface area (Å²) in [6.45, 7) is 6.02. The Morgan fingerprint density at radius 2 is 1.68 bits per heavy atom. The van der Waals surface area contributed by atoms with Crippen LogP contribution in [0, 0.1) is 0 Å². The van der Waals surface area contributed by atoms with Crippen molar-refractivity contribution in [3.8, 4) is 0 Å². The molecule has 0 unspecified atom stereocenters. The van der Waals surface area contributed by atoms with E-state index >= 15 is 0 Å². The summed E-state index contributed by atoms with van der Waals surface area (Å²) in [5, 5.41) is 0.268. The molecule has 0 spiro atoms. The van der Waals surface area contributed by atoms with Crippen LogP contribution in [0.2, 0.25) is 0 Å². The zero-order valence-electron chi connectivity index (χ0n) is 14.8. The van der Waals surface area contributed by atoms with E-state index in [-0.39, 0.29) is 23.0 Å². The first-order valence-electron chi connectivity index (χ1n) is 8.55. The van der Waals surface area contributed by atoms with Gasteiger partial charge in [0.05, 0.1) is 0 Å². The first-order chi connectivity index (χ1) is 11.9. The van der Waals surface area contributed by atoms with Crippen molar-refractivity contribution in [1.82, 2.24) is 4.90 Å². The Hall–Kier alpha value is -2.20. The smallest absolute Gasteiger partial charge is 0.267 e. The zero-order valence-corrected chi connectivity index (χ0v) is 15.6. The molecule has 0 radical (unpaired) electrons. The highest BCUT2D eigenvalue weighted by molar-refractivity contribution is 7.80. The lowest BCUT2D eigenvalue weighted by atomic mass is 9.90. The van der Waals surface area contributed by atoms with Gasteiger partial charge in [0.1, 0.15) is 11.6 Å². The lowest BCUT2D eigenvalue weighted by Gasteiger charge is -2.29. The van der Waals surface area contributed by atoms with Crippen molar-refractivity contribution in [3.63, 3.8) is 0 Å². The van der Waals surface area contributed by atoms with Gasteiger partial charge in [-0.2, -0.15) is 0 Å². The van der Waals surface area contributed by atoms with Crippen molar-refractivity contribution in [3.05, 3.63) is 71.8 Å². The molecule has 0 saturated carbocycles. The summed E-state index contributed by atoms with van der Waals surface area (Å²) in [5.41, 5.74) is 1.63. The molecule has 2 atom stereocenters. The van der Waals surface area contributed by atoms with Gasteiger partial charge in [0.15, 0.2) is 0 Å². The van der Waals surface area contributed by atoms with E-state index in [1.54, 1.807) is 4.90 Å². The summed E-state index contributed by atoms with van der Waals surface area (Å²) in [5.74, 6) is 0.123. The number of carbonyl (C=O) groups excluding carboxylic acids is 1. The van der Waals surface area contributed by atoms with Gasteiger partial charge in [0, 0.05) is 6.42 Å². The van der Waals surface area contributed by atoms with Crippen molar-refractivity contribution < 1.29 is 9.53 Å². The van der Waals surface area contributed by atoms with E-state index in [9.17, 15) is 4.79 Å². The van der Waals surface area contributed by atoms with Gasteiger partial charge in [-0.3, -0.25) is 9.69 Å². The molecular formula is C21H23NO2S. The Bertz CT molecular complexity index is 758. The van der Waals surface area contributed by atoms with Crippen LogP contribution in [0.25, 0.3) is 0 Å². The number of amides is 1. The molecule has 3 nitrogen and oxygen atoms in total. The lowest BCUT2D eigenvalue weighted by molar-refractivity contribution is -0.129. The van der Waals surface area contributed by atoms with E-state index in [2.05, 4.69) is 19.1 Å². The van der Waals surface area contributed by atoms with Crippen LogP contribution in [0.5, 0.6) is 0 Å². The van der Waals surface area contributed by atoms with Crippen LogP contribution < -0.4 is 0 Å². The van der Waals surface area contributed by atoms with E-state index in [1.165, 1.54) is 0 Å². The fraction of sp³-hybridized carbons (Fsp3) is 0.333. The number of benzene rings is 2. The van der Waals surface area contributed by atoms with Crippen molar-refractivity contribution in [2.75, 3.05) is 0 Å². The normalized spacial score (nSPS) is 20.2. The van der Waals surface area contributed by atoms with Gasteiger partial charge >= 0.3 is 0 Å². The minimum Gasteiger partial charge on any atom is -0.462 e. The number of nitrogens with zero attached hydrogens (tertiary/aromatic N) is 1. The second kappa shape index (κ2) is 6.96. The highest BCUT2D eigenvalue weighted by Gasteiger charge is 2.49. The predicted molar refractivity (Wildman–Crippen MR) is 103 cm³/mol. The average molecular weight is 353 g/mol. The summed E-state index contributed by atoms with van der Waals surface area (Å²) < 4.78 is 5.87. The predicted octanol–water partition coefficient (Wildman–Crippen LogP) is 4.84. The maximum absolute atomic E-state index is 13.1. The molecule has 0 N–H and O–H groups in total. The fourth-order valence-electron chi connectivity index (χ4n) is 3.44. The average Bonchev–Trinajstić information content (AvgIpc) is 2.85. The van der Waals surface area contributed by atoms with E-state index < -0.39 is 5.60 Å². The van der Waals surface area contributed by atoms with Gasteiger partial charge in [0.25, 0.3) is 5.17 Å². The number of thiocarbonyl (C=S) groups is 1. The van der Waals surface area contributed by atoms with Crippen molar-refractivity contribution in [1.29, 1.82) is 0 Å². The Labute approximate surface area is 154 Å². The van der Waals surface area contributed by atoms with Crippen molar-refractivity contribution in [2.24, 2.45) is 0 Å². The van der Waals surface area contributed by atoms with Crippen LogP contribution >= 0.6 is 12.2 Å². The molecule has 4 heteroatoms. The van der Waals surface area contributed by atoms with Gasteiger partial charge in [-0.25, -0.2) is 0 Å². The van der Waals surface area contributed by atoms with Crippen molar-refractivity contribution >= 4 is 23.3 Å². The number of hydrogen-bond acceptors (Lipinski definition) is 3. The molecule has 3 rings (SSSR count). The third-order valence-electron chi connectivity index (χ3n) is 4.70. The monoisotopic (exact) mass is 353 g/mol. The Morgan fingerprint density at radius 3 is 2.28 bits per heavy atom. The largest absolute Gasteiger partial charge is 0.462 e. The molecular weight excluding hydrogens is 330 g/mol. The lowest BCUT2D eigenvalue weighted by Crippen LogP contribution is -2.38.